The van der Waals surface area contributed by atoms with Gasteiger partial charge in [-0.05, 0) is 42.0 Å². The molecule has 16 heavy (non-hydrogen) atoms. The second kappa shape index (κ2) is 5.88. The minimum absolute atomic E-state index is 0.0537. The summed E-state index contributed by atoms with van der Waals surface area (Å²) in [5, 5.41) is 0.574. The van der Waals surface area contributed by atoms with Gasteiger partial charge >= 0.3 is 0 Å². The van der Waals surface area contributed by atoms with Crippen molar-refractivity contribution in [2.45, 2.75) is 33.1 Å². The first kappa shape index (κ1) is 13.8. The average Bonchev–Trinajstić information content (AvgIpc) is 2.24. The molecule has 0 amide bonds. The Hall–Kier alpha value is -0.270. The van der Waals surface area contributed by atoms with E-state index in [1.54, 1.807) is 12.1 Å². The molecule has 0 aliphatic heterocycles. The fraction of sp³-hybridized carbons (Fsp3) is 0.538. The van der Waals surface area contributed by atoms with E-state index < -0.39 is 0 Å². The third-order valence-corrected chi connectivity index (χ3v) is 3.68. The summed E-state index contributed by atoms with van der Waals surface area (Å²) in [4.78, 5) is 0. The summed E-state index contributed by atoms with van der Waals surface area (Å²) in [7, 11) is 0. The molecule has 0 N–H and O–H groups in total. The molecule has 1 unspecified atom stereocenters. The molecule has 1 atom stereocenters. The predicted octanol–water partition coefficient (Wildman–Crippen LogP) is 5.07. The number of benzene rings is 1. The Bertz CT molecular complexity index is 352. The summed E-state index contributed by atoms with van der Waals surface area (Å²) in [6.45, 7) is 4.20. The summed E-state index contributed by atoms with van der Waals surface area (Å²) in [6, 6.07) is 4.67. The standard InChI is InChI=1S/C13H17Cl2F/c1-3-6-13(2,9-14)8-10-7-11(15)4-5-12(10)16/h4-5,7H,3,6,8-9H2,1-2H3. The second-order valence-corrected chi connectivity index (χ2v) is 5.31. The van der Waals surface area contributed by atoms with Crippen LogP contribution in [0.2, 0.25) is 5.02 Å². The largest absolute Gasteiger partial charge is 0.207 e. The first-order chi connectivity index (χ1) is 7.50. The van der Waals surface area contributed by atoms with Gasteiger partial charge in [-0.3, -0.25) is 0 Å². The third-order valence-electron chi connectivity index (χ3n) is 2.80. The van der Waals surface area contributed by atoms with Crippen LogP contribution in [0.15, 0.2) is 18.2 Å². The van der Waals surface area contributed by atoms with E-state index in [1.165, 1.54) is 6.07 Å². The van der Waals surface area contributed by atoms with Gasteiger partial charge in [-0.2, -0.15) is 0 Å². The molecule has 0 aliphatic carbocycles. The van der Waals surface area contributed by atoms with E-state index in [-0.39, 0.29) is 11.2 Å². The minimum Gasteiger partial charge on any atom is -0.207 e. The smallest absolute Gasteiger partial charge is 0.126 e. The number of halogens is 3. The van der Waals surface area contributed by atoms with E-state index in [9.17, 15) is 4.39 Å². The van der Waals surface area contributed by atoms with Gasteiger partial charge in [-0.25, -0.2) is 4.39 Å². The third kappa shape index (κ3) is 3.64. The number of hydrogen-bond donors (Lipinski definition) is 0. The molecule has 1 aromatic rings. The van der Waals surface area contributed by atoms with Crippen molar-refractivity contribution < 1.29 is 4.39 Å². The van der Waals surface area contributed by atoms with Crippen molar-refractivity contribution in [2.24, 2.45) is 5.41 Å². The molecule has 0 bridgehead atoms. The van der Waals surface area contributed by atoms with E-state index in [0.717, 1.165) is 12.8 Å². The van der Waals surface area contributed by atoms with Crippen LogP contribution in [-0.4, -0.2) is 5.88 Å². The zero-order chi connectivity index (χ0) is 12.2. The Morgan fingerprint density at radius 2 is 2.06 bits per heavy atom. The zero-order valence-corrected chi connectivity index (χ0v) is 11.2. The lowest BCUT2D eigenvalue weighted by molar-refractivity contribution is 0.330. The molecule has 1 rings (SSSR count). The van der Waals surface area contributed by atoms with Gasteiger partial charge in [0.15, 0.2) is 0 Å². The number of rotatable bonds is 5. The highest BCUT2D eigenvalue weighted by molar-refractivity contribution is 6.30. The van der Waals surface area contributed by atoms with E-state index in [1.807, 2.05) is 0 Å². The quantitative estimate of drug-likeness (QED) is 0.651. The van der Waals surface area contributed by atoms with Crippen LogP contribution in [0, 0.1) is 11.2 Å². The van der Waals surface area contributed by atoms with E-state index in [4.69, 9.17) is 23.2 Å². The molecule has 0 saturated carbocycles. The lowest BCUT2D eigenvalue weighted by atomic mass is 9.81. The van der Waals surface area contributed by atoms with Gasteiger partial charge in [0.05, 0.1) is 0 Å². The number of hydrogen-bond acceptors (Lipinski definition) is 0. The molecular weight excluding hydrogens is 246 g/mol. The molecule has 1 aromatic carbocycles. The lowest BCUT2D eigenvalue weighted by Crippen LogP contribution is -2.22. The van der Waals surface area contributed by atoms with Crippen LogP contribution in [0.1, 0.15) is 32.3 Å². The molecule has 0 nitrogen and oxygen atoms in total. The molecule has 0 fully saturated rings. The topological polar surface area (TPSA) is 0 Å². The van der Waals surface area contributed by atoms with Crippen molar-refractivity contribution in [3.63, 3.8) is 0 Å². The Morgan fingerprint density at radius 3 is 2.62 bits per heavy atom. The first-order valence-corrected chi connectivity index (χ1v) is 6.42. The predicted molar refractivity (Wildman–Crippen MR) is 68.8 cm³/mol. The van der Waals surface area contributed by atoms with Crippen molar-refractivity contribution in [3.05, 3.63) is 34.6 Å². The van der Waals surface area contributed by atoms with Crippen molar-refractivity contribution in [3.8, 4) is 0 Å². The van der Waals surface area contributed by atoms with E-state index in [2.05, 4.69) is 13.8 Å². The van der Waals surface area contributed by atoms with E-state index in [0.29, 0.717) is 22.9 Å². The summed E-state index contributed by atoms with van der Waals surface area (Å²) < 4.78 is 13.6. The summed E-state index contributed by atoms with van der Waals surface area (Å²) >= 11 is 11.8. The molecule has 3 heteroatoms. The van der Waals surface area contributed by atoms with Gasteiger partial charge in [0, 0.05) is 10.9 Å². The van der Waals surface area contributed by atoms with Gasteiger partial charge in [0.25, 0.3) is 0 Å². The van der Waals surface area contributed by atoms with Gasteiger partial charge in [-0.15, -0.1) is 11.6 Å². The van der Waals surface area contributed by atoms with Gasteiger partial charge in [0.1, 0.15) is 5.82 Å². The highest BCUT2D eigenvalue weighted by atomic mass is 35.5. The average molecular weight is 263 g/mol. The Kier molecular flexibility index (Phi) is 5.07. The highest BCUT2D eigenvalue weighted by Gasteiger charge is 2.24. The Balaban J connectivity index is 2.89. The van der Waals surface area contributed by atoms with E-state index >= 15 is 0 Å². The maximum Gasteiger partial charge on any atom is 0.126 e. The van der Waals surface area contributed by atoms with Crippen molar-refractivity contribution in [1.29, 1.82) is 0 Å². The fourth-order valence-electron chi connectivity index (χ4n) is 1.94. The molecule has 0 spiro atoms. The highest BCUT2D eigenvalue weighted by Crippen LogP contribution is 2.31. The normalized spacial score (nSPS) is 14.8. The van der Waals surface area contributed by atoms with Crippen molar-refractivity contribution in [2.75, 3.05) is 5.88 Å². The Morgan fingerprint density at radius 1 is 1.38 bits per heavy atom. The summed E-state index contributed by atoms with van der Waals surface area (Å²) in [6.07, 6.45) is 2.67. The SMILES string of the molecule is CCCC(C)(CCl)Cc1cc(Cl)ccc1F. The summed E-state index contributed by atoms with van der Waals surface area (Å²) in [5.41, 5.74) is 0.603. The molecule has 0 heterocycles. The number of alkyl halides is 1. The van der Waals surface area contributed by atoms with Crippen LogP contribution in [-0.2, 0) is 6.42 Å². The minimum atomic E-state index is -0.197. The maximum atomic E-state index is 13.6. The van der Waals surface area contributed by atoms with Crippen LogP contribution in [0.4, 0.5) is 4.39 Å². The molecule has 90 valence electrons. The fourth-order valence-corrected chi connectivity index (χ4v) is 2.37. The second-order valence-electron chi connectivity index (χ2n) is 4.61. The maximum absolute atomic E-state index is 13.6. The van der Waals surface area contributed by atoms with Crippen LogP contribution in [0.25, 0.3) is 0 Å². The lowest BCUT2D eigenvalue weighted by Gasteiger charge is -2.27. The van der Waals surface area contributed by atoms with Crippen LogP contribution >= 0.6 is 23.2 Å². The zero-order valence-electron chi connectivity index (χ0n) is 9.69. The van der Waals surface area contributed by atoms with Crippen molar-refractivity contribution in [1.82, 2.24) is 0 Å². The first-order valence-electron chi connectivity index (χ1n) is 5.50. The monoisotopic (exact) mass is 262 g/mol. The molecular formula is C13H17Cl2F. The van der Waals surface area contributed by atoms with Crippen LogP contribution in [0.3, 0.4) is 0 Å². The van der Waals surface area contributed by atoms with Crippen molar-refractivity contribution >= 4 is 23.2 Å². The molecule has 0 saturated heterocycles. The molecule has 0 aromatic heterocycles. The van der Waals surface area contributed by atoms with Crippen LogP contribution < -0.4 is 0 Å². The molecule has 0 radical (unpaired) electrons. The van der Waals surface area contributed by atoms with Crippen LogP contribution in [0.5, 0.6) is 0 Å². The van der Waals surface area contributed by atoms with Gasteiger partial charge in [0.2, 0.25) is 0 Å². The van der Waals surface area contributed by atoms with Gasteiger partial charge < -0.3 is 0 Å². The Labute approximate surface area is 107 Å². The summed E-state index contributed by atoms with van der Waals surface area (Å²) in [5.74, 6) is 0.337. The van der Waals surface area contributed by atoms with Gasteiger partial charge in [-0.1, -0.05) is 31.9 Å². The molecule has 0 aliphatic rings.